The minimum absolute atomic E-state index is 0.0901. The molecule has 1 saturated heterocycles. The Bertz CT molecular complexity index is 803. The van der Waals surface area contributed by atoms with Crippen molar-refractivity contribution in [2.24, 2.45) is 5.92 Å². The van der Waals surface area contributed by atoms with Crippen LogP contribution in [0.25, 0.3) is 0 Å². The molecule has 1 aliphatic rings. The third kappa shape index (κ3) is 7.34. The first-order chi connectivity index (χ1) is 13.9. The summed E-state index contributed by atoms with van der Waals surface area (Å²) in [6.45, 7) is 6.78. The highest BCUT2D eigenvalue weighted by molar-refractivity contribution is 5.90. The number of aryl methyl sites for hydroxylation is 2. The van der Waals surface area contributed by atoms with Crippen molar-refractivity contribution in [3.8, 4) is 0 Å². The summed E-state index contributed by atoms with van der Waals surface area (Å²) in [6.07, 6.45) is 5.84. The molecule has 1 amide bonds. The van der Waals surface area contributed by atoms with Crippen LogP contribution in [0.4, 0.5) is 5.82 Å². The summed E-state index contributed by atoms with van der Waals surface area (Å²) >= 11 is 0. The van der Waals surface area contributed by atoms with Gasteiger partial charge in [0.2, 0.25) is 5.91 Å². The smallest absolute Gasteiger partial charge is 0.290 e. The maximum absolute atomic E-state index is 12.5. The largest absolute Gasteiger partial charge is 0.483 e. The first-order valence-electron chi connectivity index (χ1n) is 10.1. The van der Waals surface area contributed by atoms with Crippen LogP contribution in [-0.2, 0) is 16.1 Å². The van der Waals surface area contributed by atoms with E-state index in [1.165, 1.54) is 30.5 Å². The van der Waals surface area contributed by atoms with Crippen molar-refractivity contribution >= 4 is 18.2 Å². The average Bonchev–Trinajstić information content (AvgIpc) is 3.00. The van der Waals surface area contributed by atoms with Crippen LogP contribution in [-0.4, -0.2) is 52.3 Å². The molecule has 7 heteroatoms. The minimum Gasteiger partial charge on any atom is -0.483 e. The number of piperidine rings is 1. The van der Waals surface area contributed by atoms with E-state index < -0.39 is 0 Å². The Balaban J connectivity index is 0.000000941. The molecule has 0 aliphatic carbocycles. The third-order valence-corrected chi connectivity index (χ3v) is 5.20. The van der Waals surface area contributed by atoms with E-state index in [9.17, 15) is 4.79 Å². The van der Waals surface area contributed by atoms with Gasteiger partial charge in [-0.25, -0.2) is 4.68 Å². The molecule has 2 heterocycles. The fraction of sp³-hybridized carbons (Fsp3) is 0.500. The topological polar surface area (TPSA) is 87.5 Å². The molecule has 2 N–H and O–H groups in total. The minimum atomic E-state index is -0.250. The highest BCUT2D eigenvalue weighted by Crippen LogP contribution is 2.21. The number of hydrogen-bond acceptors (Lipinski definition) is 4. The zero-order chi connectivity index (χ0) is 21.2. The highest BCUT2D eigenvalue weighted by atomic mass is 16.3. The highest BCUT2D eigenvalue weighted by Gasteiger charge is 2.19. The van der Waals surface area contributed by atoms with E-state index in [1.807, 2.05) is 17.8 Å². The number of likely N-dealkylation sites (tertiary alicyclic amines) is 1. The molecule has 1 aliphatic heterocycles. The molecule has 3 rings (SSSR count). The molecular weight excluding hydrogens is 368 g/mol. The number of hydrogen-bond donors (Lipinski definition) is 2. The van der Waals surface area contributed by atoms with Gasteiger partial charge in [0.15, 0.2) is 0 Å². The van der Waals surface area contributed by atoms with Gasteiger partial charge >= 0.3 is 0 Å². The zero-order valence-electron chi connectivity index (χ0n) is 17.6. The number of nitrogens with zero attached hydrogens (tertiary/aromatic N) is 3. The summed E-state index contributed by atoms with van der Waals surface area (Å²) in [7, 11) is 2.17. The van der Waals surface area contributed by atoms with Crippen molar-refractivity contribution in [2.75, 3.05) is 25.5 Å². The van der Waals surface area contributed by atoms with Crippen molar-refractivity contribution < 1.29 is 14.7 Å². The summed E-state index contributed by atoms with van der Waals surface area (Å²) in [4.78, 5) is 23.2. The number of aromatic nitrogens is 2. The van der Waals surface area contributed by atoms with Crippen LogP contribution >= 0.6 is 0 Å². The van der Waals surface area contributed by atoms with Crippen LogP contribution < -0.4 is 5.32 Å². The van der Waals surface area contributed by atoms with E-state index in [4.69, 9.17) is 9.90 Å². The van der Waals surface area contributed by atoms with Gasteiger partial charge in [0, 0.05) is 18.5 Å². The second kappa shape index (κ2) is 11.4. The Morgan fingerprint density at radius 2 is 2.14 bits per heavy atom. The van der Waals surface area contributed by atoms with E-state index in [2.05, 4.69) is 53.6 Å². The lowest BCUT2D eigenvalue weighted by molar-refractivity contribution is -0.123. The lowest BCUT2D eigenvalue weighted by Crippen LogP contribution is -2.32. The molecule has 1 aromatic heterocycles. The number of carboxylic acid groups (broad SMARTS) is 1. The molecule has 1 fully saturated rings. The average molecular weight is 401 g/mol. The summed E-state index contributed by atoms with van der Waals surface area (Å²) in [5.41, 5.74) is 3.42. The number of benzene rings is 1. The van der Waals surface area contributed by atoms with Crippen LogP contribution in [0.15, 0.2) is 30.5 Å². The Kier molecular flexibility index (Phi) is 8.86. The molecule has 1 aromatic carbocycles. The van der Waals surface area contributed by atoms with Gasteiger partial charge in [-0.05, 0) is 58.2 Å². The number of rotatable bonds is 6. The first-order valence-corrected chi connectivity index (χ1v) is 10.1. The summed E-state index contributed by atoms with van der Waals surface area (Å²) in [5, 5.41) is 14.4. The monoisotopic (exact) mass is 400 g/mol. The second-order valence-electron chi connectivity index (χ2n) is 7.79. The van der Waals surface area contributed by atoms with Crippen molar-refractivity contribution in [2.45, 2.75) is 46.1 Å². The fourth-order valence-corrected chi connectivity index (χ4v) is 3.78. The normalized spacial score (nSPS) is 16.6. The van der Waals surface area contributed by atoms with E-state index in [0.29, 0.717) is 18.9 Å². The van der Waals surface area contributed by atoms with Gasteiger partial charge in [0.25, 0.3) is 6.47 Å². The predicted octanol–water partition coefficient (Wildman–Crippen LogP) is 3.31. The van der Waals surface area contributed by atoms with Crippen molar-refractivity contribution in [1.82, 2.24) is 14.7 Å². The zero-order valence-corrected chi connectivity index (χ0v) is 17.6. The molecule has 29 heavy (non-hydrogen) atoms. The molecule has 0 bridgehead atoms. The van der Waals surface area contributed by atoms with Crippen LogP contribution in [0.2, 0.25) is 0 Å². The number of amides is 1. The molecular formula is C22H32N4O3. The molecule has 0 saturated carbocycles. The lowest BCUT2D eigenvalue weighted by atomic mass is 9.93. The van der Waals surface area contributed by atoms with Crippen molar-refractivity contribution in [3.63, 3.8) is 0 Å². The van der Waals surface area contributed by atoms with Gasteiger partial charge in [-0.15, -0.1) is 0 Å². The van der Waals surface area contributed by atoms with Gasteiger partial charge in [0.05, 0.1) is 12.7 Å². The maximum atomic E-state index is 12.5. The molecule has 7 nitrogen and oxygen atoms in total. The van der Waals surface area contributed by atoms with Crippen LogP contribution in [0.5, 0.6) is 0 Å². The number of carbonyl (C=O) groups excluding carboxylic acids is 1. The Morgan fingerprint density at radius 1 is 1.38 bits per heavy atom. The molecule has 2 aromatic rings. The van der Waals surface area contributed by atoms with Crippen LogP contribution in [0.3, 0.4) is 0 Å². The van der Waals surface area contributed by atoms with Gasteiger partial charge < -0.3 is 15.3 Å². The second-order valence-corrected chi connectivity index (χ2v) is 7.79. The summed E-state index contributed by atoms with van der Waals surface area (Å²) in [5.74, 6) is 1.54. The van der Waals surface area contributed by atoms with Crippen LogP contribution in [0.1, 0.15) is 42.4 Å². The first kappa shape index (κ1) is 22.6. The summed E-state index contributed by atoms with van der Waals surface area (Å²) < 4.78 is 1.89. The van der Waals surface area contributed by atoms with Gasteiger partial charge in [-0.1, -0.05) is 29.8 Å². The Morgan fingerprint density at radius 3 is 2.83 bits per heavy atom. The molecule has 0 radical (unpaired) electrons. The van der Waals surface area contributed by atoms with Crippen LogP contribution in [0, 0.1) is 19.8 Å². The predicted molar refractivity (Wildman–Crippen MR) is 114 cm³/mol. The summed E-state index contributed by atoms with van der Waals surface area (Å²) in [6, 6.07) is 8.39. The van der Waals surface area contributed by atoms with Crippen molar-refractivity contribution in [3.05, 3.63) is 47.2 Å². The van der Waals surface area contributed by atoms with E-state index in [1.54, 1.807) is 0 Å². The van der Waals surface area contributed by atoms with E-state index in [0.717, 1.165) is 24.3 Å². The number of anilines is 1. The quantitative estimate of drug-likeness (QED) is 0.727. The van der Waals surface area contributed by atoms with Gasteiger partial charge in [-0.3, -0.25) is 9.59 Å². The number of nitrogens with one attached hydrogen (secondary N) is 1. The molecule has 158 valence electrons. The Labute approximate surface area is 172 Å². The molecule has 1 unspecified atom stereocenters. The fourth-order valence-electron chi connectivity index (χ4n) is 3.78. The molecule has 0 spiro atoms. The third-order valence-electron chi connectivity index (χ3n) is 5.20. The SMILES string of the molecule is Cc1cccc(Cn2ncc(C)c2NC(=O)CCC2CCCN(C)C2)c1.O=CO. The van der Waals surface area contributed by atoms with Gasteiger partial charge in [-0.2, -0.15) is 5.10 Å². The Hall–Kier alpha value is -2.67. The maximum Gasteiger partial charge on any atom is 0.290 e. The van der Waals surface area contributed by atoms with E-state index in [-0.39, 0.29) is 12.4 Å². The standard InChI is InChI=1S/C21H30N4O.CH2O2/c1-16-6-4-7-19(12-16)15-25-21(17(2)13-22-25)23-20(26)10-9-18-8-5-11-24(3)14-18;2-1-3/h4,6-7,12-13,18H,5,8-11,14-15H2,1-3H3,(H,23,26);1H,(H,2,3). The number of carbonyl (C=O) groups is 2. The van der Waals surface area contributed by atoms with Gasteiger partial charge in [0.1, 0.15) is 5.82 Å². The van der Waals surface area contributed by atoms with Crippen molar-refractivity contribution in [1.29, 1.82) is 0 Å². The van der Waals surface area contributed by atoms with E-state index >= 15 is 0 Å². The lowest BCUT2D eigenvalue weighted by Gasteiger charge is -2.29. The molecule has 1 atom stereocenters.